The van der Waals surface area contributed by atoms with Crippen LogP contribution < -0.4 is 5.73 Å². The van der Waals surface area contributed by atoms with Gasteiger partial charge in [-0.15, -0.1) is 0 Å². The van der Waals surface area contributed by atoms with Crippen molar-refractivity contribution in [1.82, 2.24) is 9.80 Å². The van der Waals surface area contributed by atoms with Crippen LogP contribution in [0.2, 0.25) is 0 Å². The van der Waals surface area contributed by atoms with Crippen molar-refractivity contribution in [2.24, 2.45) is 11.7 Å². The van der Waals surface area contributed by atoms with E-state index < -0.39 is 0 Å². The van der Waals surface area contributed by atoms with Crippen molar-refractivity contribution in [2.45, 2.75) is 24.9 Å². The van der Waals surface area contributed by atoms with Gasteiger partial charge >= 0.3 is 0 Å². The Morgan fingerprint density at radius 2 is 2.25 bits per heavy atom. The topological polar surface area (TPSA) is 41.7 Å². The molecule has 2 fully saturated rings. The van der Waals surface area contributed by atoms with Gasteiger partial charge in [0.15, 0.2) is 0 Å². The Labute approximate surface area is 98.7 Å². The molecule has 2 heterocycles. The summed E-state index contributed by atoms with van der Waals surface area (Å²) >= 11 is 0. The van der Waals surface area contributed by atoms with Crippen LogP contribution in [-0.4, -0.2) is 68.8 Å². The Bertz CT molecular complexity index is 216. The Morgan fingerprint density at radius 1 is 1.44 bits per heavy atom. The van der Waals surface area contributed by atoms with Crippen molar-refractivity contribution >= 4 is 0 Å². The van der Waals surface area contributed by atoms with E-state index in [0.29, 0.717) is 18.0 Å². The molecule has 0 saturated carbocycles. The second-order valence-corrected chi connectivity index (χ2v) is 5.45. The Balaban J connectivity index is 1.73. The Morgan fingerprint density at radius 3 is 2.81 bits per heavy atom. The molecule has 0 aromatic rings. The van der Waals surface area contributed by atoms with E-state index in [9.17, 15) is 0 Å². The molecule has 2 rings (SSSR count). The van der Waals surface area contributed by atoms with Gasteiger partial charge in [0, 0.05) is 37.7 Å². The van der Waals surface area contributed by atoms with E-state index in [4.69, 9.17) is 10.5 Å². The van der Waals surface area contributed by atoms with Crippen LogP contribution in [0.4, 0.5) is 0 Å². The highest BCUT2D eigenvalue weighted by Gasteiger charge is 2.28. The van der Waals surface area contributed by atoms with E-state index in [-0.39, 0.29) is 0 Å². The Kier molecular flexibility index (Phi) is 4.19. The SMILES string of the molecule is CN(C)C1CCN(CC(N)C2CCOC2)C1. The van der Waals surface area contributed by atoms with Gasteiger partial charge in [0.25, 0.3) is 0 Å². The Hall–Kier alpha value is -0.160. The summed E-state index contributed by atoms with van der Waals surface area (Å²) in [5, 5.41) is 0. The minimum atomic E-state index is 0.295. The molecule has 0 aromatic carbocycles. The predicted octanol–water partition coefficient (Wildman–Crippen LogP) is -0.0139. The first-order valence-corrected chi connectivity index (χ1v) is 6.39. The zero-order valence-electron chi connectivity index (χ0n) is 10.6. The summed E-state index contributed by atoms with van der Waals surface area (Å²) in [6.07, 6.45) is 2.42. The largest absolute Gasteiger partial charge is 0.381 e. The first kappa shape index (κ1) is 12.3. The van der Waals surface area contributed by atoms with Crippen LogP contribution in [0.15, 0.2) is 0 Å². The lowest BCUT2D eigenvalue weighted by atomic mass is 10.00. The van der Waals surface area contributed by atoms with Gasteiger partial charge in [-0.3, -0.25) is 0 Å². The molecule has 2 saturated heterocycles. The summed E-state index contributed by atoms with van der Waals surface area (Å²) in [7, 11) is 4.33. The number of likely N-dealkylation sites (N-methyl/N-ethyl adjacent to an activating group) is 1. The third-order valence-corrected chi connectivity index (χ3v) is 4.02. The minimum Gasteiger partial charge on any atom is -0.381 e. The van der Waals surface area contributed by atoms with Crippen LogP contribution in [0.25, 0.3) is 0 Å². The fourth-order valence-corrected chi connectivity index (χ4v) is 2.74. The molecular formula is C12H25N3O. The molecular weight excluding hydrogens is 202 g/mol. The first-order valence-electron chi connectivity index (χ1n) is 6.39. The molecule has 2 aliphatic heterocycles. The molecule has 4 nitrogen and oxygen atoms in total. The average Bonchev–Trinajstić information content (AvgIpc) is 2.87. The summed E-state index contributed by atoms with van der Waals surface area (Å²) in [5.41, 5.74) is 6.25. The van der Waals surface area contributed by atoms with Crippen molar-refractivity contribution in [3.8, 4) is 0 Å². The van der Waals surface area contributed by atoms with Crippen molar-refractivity contribution in [3.63, 3.8) is 0 Å². The second-order valence-electron chi connectivity index (χ2n) is 5.45. The number of likely N-dealkylation sites (tertiary alicyclic amines) is 1. The molecule has 16 heavy (non-hydrogen) atoms. The molecule has 3 unspecified atom stereocenters. The van der Waals surface area contributed by atoms with E-state index in [1.54, 1.807) is 0 Å². The highest BCUT2D eigenvalue weighted by molar-refractivity contribution is 4.85. The van der Waals surface area contributed by atoms with Crippen molar-refractivity contribution in [2.75, 3.05) is 46.9 Å². The van der Waals surface area contributed by atoms with E-state index in [2.05, 4.69) is 23.9 Å². The summed E-state index contributed by atoms with van der Waals surface area (Å²) in [6, 6.07) is 1.01. The molecule has 0 radical (unpaired) electrons. The number of ether oxygens (including phenoxy) is 1. The minimum absolute atomic E-state index is 0.295. The predicted molar refractivity (Wildman–Crippen MR) is 65.4 cm³/mol. The van der Waals surface area contributed by atoms with Gasteiger partial charge in [0.05, 0.1) is 6.61 Å². The van der Waals surface area contributed by atoms with E-state index in [1.807, 2.05) is 0 Å². The average molecular weight is 227 g/mol. The molecule has 0 bridgehead atoms. The molecule has 4 heteroatoms. The lowest BCUT2D eigenvalue weighted by Gasteiger charge is -2.25. The maximum atomic E-state index is 6.25. The number of rotatable bonds is 4. The van der Waals surface area contributed by atoms with Crippen molar-refractivity contribution < 1.29 is 4.74 Å². The monoisotopic (exact) mass is 227 g/mol. The van der Waals surface area contributed by atoms with Gasteiger partial charge in [-0.2, -0.15) is 0 Å². The smallest absolute Gasteiger partial charge is 0.0510 e. The number of nitrogens with zero attached hydrogens (tertiary/aromatic N) is 2. The van der Waals surface area contributed by atoms with Gasteiger partial charge in [-0.25, -0.2) is 0 Å². The highest BCUT2D eigenvalue weighted by Crippen LogP contribution is 2.19. The van der Waals surface area contributed by atoms with E-state index >= 15 is 0 Å². The van der Waals surface area contributed by atoms with Gasteiger partial charge in [-0.1, -0.05) is 0 Å². The standard InChI is InChI=1S/C12H25N3O/c1-14(2)11-3-5-15(7-11)8-12(13)10-4-6-16-9-10/h10-12H,3-9,13H2,1-2H3. The van der Waals surface area contributed by atoms with Gasteiger partial charge in [0.1, 0.15) is 0 Å². The molecule has 94 valence electrons. The van der Waals surface area contributed by atoms with Crippen LogP contribution in [0.1, 0.15) is 12.8 Å². The molecule has 2 N–H and O–H groups in total. The van der Waals surface area contributed by atoms with Crippen LogP contribution in [-0.2, 0) is 4.74 Å². The van der Waals surface area contributed by atoms with E-state index in [1.165, 1.54) is 19.5 Å². The number of hydrogen-bond acceptors (Lipinski definition) is 4. The maximum Gasteiger partial charge on any atom is 0.0510 e. The third kappa shape index (κ3) is 2.94. The molecule has 2 aliphatic rings. The third-order valence-electron chi connectivity index (χ3n) is 4.02. The van der Waals surface area contributed by atoms with Crippen LogP contribution in [0.3, 0.4) is 0 Å². The quantitative estimate of drug-likeness (QED) is 0.733. The van der Waals surface area contributed by atoms with Crippen molar-refractivity contribution in [3.05, 3.63) is 0 Å². The fraction of sp³-hybridized carbons (Fsp3) is 1.00. The molecule has 0 aliphatic carbocycles. The molecule has 0 amide bonds. The molecule has 3 atom stereocenters. The molecule has 0 spiro atoms. The lowest BCUT2D eigenvalue weighted by molar-refractivity contribution is 0.172. The highest BCUT2D eigenvalue weighted by atomic mass is 16.5. The maximum absolute atomic E-state index is 6.25. The second kappa shape index (κ2) is 5.45. The summed E-state index contributed by atoms with van der Waals surface area (Å²) in [5.74, 6) is 0.582. The zero-order valence-corrected chi connectivity index (χ0v) is 10.6. The summed E-state index contributed by atoms with van der Waals surface area (Å²) < 4.78 is 5.40. The summed E-state index contributed by atoms with van der Waals surface area (Å²) in [6.45, 7) is 5.18. The fourth-order valence-electron chi connectivity index (χ4n) is 2.74. The van der Waals surface area contributed by atoms with E-state index in [0.717, 1.165) is 26.2 Å². The normalized spacial score (nSPS) is 33.8. The number of hydrogen-bond donors (Lipinski definition) is 1. The zero-order chi connectivity index (χ0) is 11.5. The first-order chi connectivity index (χ1) is 7.66. The van der Waals surface area contributed by atoms with Gasteiger partial charge < -0.3 is 20.3 Å². The molecule has 0 aromatic heterocycles. The summed E-state index contributed by atoms with van der Waals surface area (Å²) in [4.78, 5) is 4.83. The number of nitrogens with two attached hydrogens (primary N) is 1. The van der Waals surface area contributed by atoms with Crippen LogP contribution in [0, 0.1) is 5.92 Å². The lowest BCUT2D eigenvalue weighted by Crippen LogP contribution is -2.42. The van der Waals surface area contributed by atoms with Crippen LogP contribution >= 0.6 is 0 Å². The van der Waals surface area contributed by atoms with Gasteiger partial charge in [0.2, 0.25) is 0 Å². The van der Waals surface area contributed by atoms with Crippen molar-refractivity contribution in [1.29, 1.82) is 0 Å². The van der Waals surface area contributed by atoms with Crippen LogP contribution in [0.5, 0.6) is 0 Å². The van der Waals surface area contributed by atoms with Gasteiger partial charge in [-0.05, 0) is 33.5 Å².